The van der Waals surface area contributed by atoms with Gasteiger partial charge in [-0.05, 0) is 6.92 Å². The first-order valence-electron chi connectivity index (χ1n) is 3.26. The summed E-state index contributed by atoms with van der Waals surface area (Å²) in [6.07, 6.45) is 1.69. The molecule has 0 aliphatic heterocycles. The minimum Gasteiger partial charge on any atom is -0.381 e. The van der Waals surface area contributed by atoms with Crippen molar-refractivity contribution in [3.8, 4) is 0 Å². The van der Waals surface area contributed by atoms with Crippen molar-refractivity contribution < 1.29 is 0 Å². The van der Waals surface area contributed by atoms with Gasteiger partial charge in [0.15, 0.2) is 5.82 Å². The highest BCUT2D eigenvalue weighted by Crippen LogP contribution is 2.13. The summed E-state index contributed by atoms with van der Waals surface area (Å²) in [6.45, 7) is 2.89. The Labute approximate surface area is 60.1 Å². The Balaban J connectivity index is 2.87. The third kappa shape index (κ3) is 1.05. The monoisotopic (exact) mass is 140 g/mol. The van der Waals surface area contributed by atoms with Crippen molar-refractivity contribution >= 4 is 11.6 Å². The molecule has 4 heteroatoms. The lowest BCUT2D eigenvalue weighted by atomic mass is 10.6. The molecule has 0 bridgehead atoms. The van der Waals surface area contributed by atoms with Crippen LogP contribution in [0.4, 0.5) is 11.6 Å². The summed E-state index contributed by atoms with van der Waals surface area (Å²) in [7, 11) is 1.90. The minimum absolute atomic E-state index is 0.560. The lowest BCUT2D eigenvalue weighted by Crippen LogP contribution is -2.03. The second-order valence-electron chi connectivity index (χ2n) is 2.12. The van der Waals surface area contributed by atoms with Crippen LogP contribution in [-0.4, -0.2) is 16.1 Å². The van der Waals surface area contributed by atoms with E-state index in [-0.39, 0.29) is 0 Å². The van der Waals surface area contributed by atoms with E-state index >= 15 is 0 Å². The van der Waals surface area contributed by atoms with Gasteiger partial charge in [0.1, 0.15) is 5.82 Å². The zero-order chi connectivity index (χ0) is 7.56. The van der Waals surface area contributed by atoms with E-state index in [0.29, 0.717) is 5.82 Å². The fourth-order valence-corrected chi connectivity index (χ4v) is 0.831. The Morgan fingerprint density at radius 1 is 1.80 bits per heavy atom. The maximum absolute atomic E-state index is 5.53. The molecular formula is C6H12N4. The van der Waals surface area contributed by atoms with Gasteiger partial charge in [0.05, 0.1) is 6.33 Å². The Hall–Kier alpha value is -1.19. The number of imidazole rings is 1. The topological polar surface area (TPSA) is 55.9 Å². The molecule has 0 unspecified atom stereocenters. The standard InChI is InChI=1S/C6H12N4/c1-3-8-6-5(7)9-4-10(6)2/h4,8H,3,7H2,1-2H3. The SMILES string of the molecule is CCNc1c(N)ncn1C. The molecule has 0 radical (unpaired) electrons. The second kappa shape index (κ2) is 2.60. The second-order valence-corrected chi connectivity index (χ2v) is 2.12. The average Bonchev–Trinajstić information content (AvgIpc) is 2.20. The van der Waals surface area contributed by atoms with E-state index in [1.165, 1.54) is 0 Å². The van der Waals surface area contributed by atoms with E-state index in [0.717, 1.165) is 12.4 Å². The first-order chi connectivity index (χ1) is 4.75. The molecule has 0 amide bonds. The number of aromatic nitrogens is 2. The predicted molar refractivity (Wildman–Crippen MR) is 41.8 cm³/mol. The summed E-state index contributed by atoms with van der Waals surface area (Å²) in [5, 5.41) is 3.10. The molecule has 4 nitrogen and oxygen atoms in total. The van der Waals surface area contributed by atoms with Crippen LogP contribution < -0.4 is 11.1 Å². The highest BCUT2D eigenvalue weighted by molar-refractivity contribution is 5.56. The molecule has 0 aromatic carbocycles. The van der Waals surface area contributed by atoms with Crippen LogP contribution in [-0.2, 0) is 7.05 Å². The summed E-state index contributed by atoms with van der Waals surface area (Å²) in [5.74, 6) is 1.45. The van der Waals surface area contributed by atoms with E-state index in [1.54, 1.807) is 6.33 Å². The van der Waals surface area contributed by atoms with Gasteiger partial charge in [-0.15, -0.1) is 0 Å². The van der Waals surface area contributed by atoms with Gasteiger partial charge in [-0.1, -0.05) is 0 Å². The van der Waals surface area contributed by atoms with Crippen LogP contribution in [0.2, 0.25) is 0 Å². The highest BCUT2D eigenvalue weighted by Gasteiger charge is 2.01. The maximum Gasteiger partial charge on any atom is 0.166 e. The molecule has 0 aliphatic rings. The molecule has 0 atom stereocenters. The Kier molecular flexibility index (Phi) is 1.80. The van der Waals surface area contributed by atoms with Gasteiger partial charge < -0.3 is 15.6 Å². The molecule has 1 aromatic heterocycles. The molecule has 1 rings (SSSR count). The van der Waals surface area contributed by atoms with Gasteiger partial charge in [-0.3, -0.25) is 0 Å². The number of hydrogen-bond donors (Lipinski definition) is 2. The third-order valence-electron chi connectivity index (χ3n) is 1.31. The van der Waals surface area contributed by atoms with Crippen molar-refractivity contribution in [3.63, 3.8) is 0 Å². The van der Waals surface area contributed by atoms with E-state index in [4.69, 9.17) is 5.73 Å². The molecule has 3 N–H and O–H groups in total. The molecule has 1 aromatic rings. The number of rotatable bonds is 2. The zero-order valence-electron chi connectivity index (χ0n) is 6.26. The highest BCUT2D eigenvalue weighted by atomic mass is 15.2. The Morgan fingerprint density at radius 2 is 2.50 bits per heavy atom. The normalized spacial score (nSPS) is 9.80. The van der Waals surface area contributed by atoms with Gasteiger partial charge in [0.2, 0.25) is 0 Å². The molecule has 0 saturated carbocycles. The zero-order valence-corrected chi connectivity index (χ0v) is 6.26. The van der Waals surface area contributed by atoms with E-state index in [1.807, 2.05) is 18.5 Å². The summed E-state index contributed by atoms with van der Waals surface area (Å²) in [5.41, 5.74) is 5.53. The molecule has 0 spiro atoms. The van der Waals surface area contributed by atoms with Crippen molar-refractivity contribution in [2.75, 3.05) is 17.6 Å². The number of nitrogens with zero attached hydrogens (tertiary/aromatic N) is 2. The smallest absolute Gasteiger partial charge is 0.166 e. The van der Waals surface area contributed by atoms with Crippen molar-refractivity contribution in [1.29, 1.82) is 0 Å². The van der Waals surface area contributed by atoms with Crippen LogP contribution in [0.25, 0.3) is 0 Å². The lowest BCUT2D eigenvalue weighted by Gasteiger charge is -2.02. The largest absolute Gasteiger partial charge is 0.381 e. The van der Waals surface area contributed by atoms with E-state index in [9.17, 15) is 0 Å². The number of aryl methyl sites for hydroxylation is 1. The fraction of sp³-hybridized carbons (Fsp3) is 0.500. The fourth-order valence-electron chi connectivity index (χ4n) is 0.831. The summed E-state index contributed by atoms with van der Waals surface area (Å²) >= 11 is 0. The van der Waals surface area contributed by atoms with Crippen LogP contribution >= 0.6 is 0 Å². The van der Waals surface area contributed by atoms with Gasteiger partial charge in [0.25, 0.3) is 0 Å². The van der Waals surface area contributed by atoms with Crippen LogP contribution in [0.1, 0.15) is 6.92 Å². The molecule has 56 valence electrons. The van der Waals surface area contributed by atoms with Crippen molar-refractivity contribution in [1.82, 2.24) is 9.55 Å². The van der Waals surface area contributed by atoms with Gasteiger partial charge >= 0.3 is 0 Å². The van der Waals surface area contributed by atoms with Crippen LogP contribution in [0.15, 0.2) is 6.33 Å². The maximum atomic E-state index is 5.53. The van der Waals surface area contributed by atoms with E-state index < -0.39 is 0 Å². The number of anilines is 2. The Bertz CT molecular complexity index is 196. The summed E-state index contributed by atoms with van der Waals surface area (Å²) in [4.78, 5) is 3.91. The van der Waals surface area contributed by atoms with Crippen LogP contribution in [0.3, 0.4) is 0 Å². The average molecular weight is 140 g/mol. The number of hydrogen-bond acceptors (Lipinski definition) is 3. The molecule has 0 aliphatic carbocycles. The van der Waals surface area contributed by atoms with Crippen LogP contribution in [0, 0.1) is 0 Å². The minimum atomic E-state index is 0.560. The van der Waals surface area contributed by atoms with Gasteiger partial charge in [0, 0.05) is 13.6 Å². The number of nitrogens with one attached hydrogen (secondary N) is 1. The molecule has 1 heterocycles. The van der Waals surface area contributed by atoms with Gasteiger partial charge in [-0.2, -0.15) is 0 Å². The molecular weight excluding hydrogens is 128 g/mol. The van der Waals surface area contributed by atoms with Gasteiger partial charge in [-0.25, -0.2) is 4.98 Å². The summed E-state index contributed by atoms with van der Waals surface area (Å²) < 4.78 is 1.86. The quantitative estimate of drug-likeness (QED) is 0.626. The first-order valence-corrected chi connectivity index (χ1v) is 3.26. The van der Waals surface area contributed by atoms with Crippen molar-refractivity contribution in [2.24, 2.45) is 7.05 Å². The Morgan fingerprint density at radius 3 is 2.90 bits per heavy atom. The lowest BCUT2D eigenvalue weighted by molar-refractivity contribution is 0.909. The van der Waals surface area contributed by atoms with Crippen LogP contribution in [0.5, 0.6) is 0 Å². The summed E-state index contributed by atoms with van der Waals surface area (Å²) in [6, 6.07) is 0. The van der Waals surface area contributed by atoms with E-state index in [2.05, 4.69) is 10.3 Å². The predicted octanol–water partition coefficient (Wildman–Crippen LogP) is 0.434. The number of nitrogens with two attached hydrogens (primary N) is 1. The first kappa shape index (κ1) is 6.92. The molecule has 10 heavy (non-hydrogen) atoms. The molecule has 0 saturated heterocycles. The third-order valence-corrected chi connectivity index (χ3v) is 1.31. The number of nitrogen functional groups attached to an aromatic ring is 1. The van der Waals surface area contributed by atoms with Crippen molar-refractivity contribution in [2.45, 2.75) is 6.92 Å². The molecule has 0 fully saturated rings. The van der Waals surface area contributed by atoms with Crippen molar-refractivity contribution in [3.05, 3.63) is 6.33 Å².